The van der Waals surface area contributed by atoms with Crippen molar-refractivity contribution in [2.45, 2.75) is 39.7 Å². The van der Waals surface area contributed by atoms with Gasteiger partial charge in [-0.15, -0.1) is 0 Å². The van der Waals surface area contributed by atoms with Gasteiger partial charge >= 0.3 is 0 Å². The zero-order chi connectivity index (χ0) is 16.7. The van der Waals surface area contributed by atoms with Gasteiger partial charge in [-0.3, -0.25) is 4.98 Å². The van der Waals surface area contributed by atoms with Crippen LogP contribution in [-0.4, -0.2) is 37.2 Å². The van der Waals surface area contributed by atoms with Crippen LogP contribution in [0.25, 0.3) is 5.65 Å². The Balaban J connectivity index is 1.54. The number of pyridine rings is 1. The average molecular weight is 324 g/mol. The van der Waals surface area contributed by atoms with Crippen LogP contribution in [0.2, 0.25) is 0 Å². The van der Waals surface area contributed by atoms with Gasteiger partial charge in [-0.25, -0.2) is 14.5 Å². The van der Waals surface area contributed by atoms with Crippen LogP contribution in [0, 0.1) is 13.8 Å². The van der Waals surface area contributed by atoms with E-state index < -0.39 is 0 Å². The van der Waals surface area contributed by atoms with Crippen molar-refractivity contribution in [1.82, 2.24) is 24.6 Å². The molecule has 0 spiro atoms. The summed E-state index contributed by atoms with van der Waals surface area (Å²) in [5.74, 6) is 2.46. The number of aryl methyl sites for hydroxylation is 4. The molecule has 7 nitrogen and oxygen atoms in total. The first-order valence-electron chi connectivity index (χ1n) is 8.17. The number of aromatic nitrogens is 5. The summed E-state index contributed by atoms with van der Waals surface area (Å²) in [5, 5.41) is 7.94. The van der Waals surface area contributed by atoms with Crippen LogP contribution in [0.3, 0.4) is 0 Å². The van der Waals surface area contributed by atoms with Crippen molar-refractivity contribution in [3.8, 4) is 5.75 Å². The summed E-state index contributed by atoms with van der Waals surface area (Å²) in [4.78, 5) is 13.6. The molecule has 1 aliphatic rings. The van der Waals surface area contributed by atoms with E-state index in [2.05, 4.69) is 32.3 Å². The Hall–Kier alpha value is -2.70. The monoisotopic (exact) mass is 324 g/mol. The van der Waals surface area contributed by atoms with Crippen molar-refractivity contribution in [2.75, 3.05) is 11.9 Å². The normalized spacial score (nSPS) is 16.5. The summed E-state index contributed by atoms with van der Waals surface area (Å²) in [6, 6.07) is 4.26. The minimum atomic E-state index is 0.277. The summed E-state index contributed by atoms with van der Waals surface area (Å²) in [5.41, 5.74) is 3.70. The van der Waals surface area contributed by atoms with Crippen LogP contribution in [-0.2, 0) is 12.8 Å². The molecule has 0 aliphatic carbocycles. The van der Waals surface area contributed by atoms with Gasteiger partial charge in [0.25, 0.3) is 0 Å². The molecule has 4 rings (SSSR count). The van der Waals surface area contributed by atoms with E-state index in [1.54, 1.807) is 0 Å². The maximum Gasteiger partial charge on any atom is 0.177 e. The van der Waals surface area contributed by atoms with Gasteiger partial charge in [-0.2, -0.15) is 5.10 Å². The zero-order valence-corrected chi connectivity index (χ0v) is 14.1. The minimum absolute atomic E-state index is 0.277. The quantitative estimate of drug-likeness (QED) is 0.795. The van der Waals surface area contributed by atoms with E-state index in [4.69, 9.17) is 4.74 Å². The molecule has 1 atom stereocenters. The van der Waals surface area contributed by atoms with Gasteiger partial charge in [-0.05, 0) is 39.3 Å². The van der Waals surface area contributed by atoms with Crippen molar-refractivity contribution < 1.29 is 4.74 Å². The molecule has 24 heavy (non-hydrogen) atoms. The molecule has 0 bridgehead atoms. The fourth-order valence-electron chi connectivity index (χ4n) is 2.82. The second-order valence-electron chi connectivity index (χ2n) is 6.25. The largest absolute Gasteiger partial charge is 0.488 e. The highest BCUT2D eigenvalue weighted by molar-refractivity contribution is 5.53. The summed E-state index contributed by atoms with van der Waals surface area (Å²) < 4.78 is 7.52. The number of nitrogens with zero attached hydrogens (tertiary/aromatic N) is 5. The Kier molecular flexibility index (Phi) is 3.55. The highest BCUT2D eigenvalue weighted by atomic mass is 16.5. The first-order valence-corrected chi connectivity index (χ1v) is 8.17. The molecule has 0 radical (unpaired) electrons. The Labute approximate surface area is 140 Å². The zero-order valence-electron chi connectivity index (χ0n) is 14.1. The molecule has 0 fully saturated rings. The van der Waals surface area contributed by atoms with Crippen molar-refractivity contribution in [1.29, 1.82) is 0 Å². The first-order chi connectivity index (χ1) is 11.6. The van der Waals surface area contributed by atoms with Gasteiger partial charge in [0.2, 0.25) is 0 Å². The summed E-state index contributed by atoms with van der Waals surface area (Å²) in [6.07, 6.45) is 3.34. The Morgan fingerprint density at radius 1 is 1.25 bits per heavy atom. The van der Waals surface area contributed by atoms with E-state index in [-0.39, 0.29) is 6.04 Å². The highest BCUT2D eigenvalue weighted by Crippen LogP contribution is 2.27. The van der Waals surface area contributed by atoms with E-state index in [0.717, 1.165) is 53.0 Å². The topological polar surface area (TPSA) is 77.2 Å². The first kappa shape index (κ1) is 14.9. The van der Waals surface area contributed by atoms with Crippen LogP contribution in [0.5, 0.6) is 5.75 Å². The predicted octanol–water partition coefficient (Wildman–Crippen LogP) is 2.11. The molecular weight excluding hydrogens is 304 g/mol. The lowest BCUT2D eigenvalue weighted by molar-refractivity contribution is 0.289. The minimum Gasteiger partial charge on any atom is -0.488 e. The number of fused-ring (bicyclic) bond motifs is 2. The lowest BCUT2D eigenvalue weighted by Gasteiger charge is -2.24. The summed E-state index contributed by atoms with van der Waals surface area (Å²) in [7, 11) is 0. The summed E-state index contributed by atoms with van der Waals surface area (Å²) in [6.45, 7) is 6.68. The fourth-order valence-corrected chi connectivity index (χ4v) is 2.82. The molecule has 0 aromatic carbocycles. The van der Waals surface area contributed by atoms with Crippen molar-refractivity contribution in [2.24, 2.45) is 0 Å². The molecule has 0 amide bonds. The number of hydrogen-bond donors (Lipinski definition) is 1. The van der Waals surface area contributed by atoms with E-state index >= 15 is 0 Å². The molecule has 7 heteroatoms. The SMILES string of the molecule is Cc1ncc(C)n2nc(CCc3ccc4c(n3)N[C@@H](C)CO4)nc12. The number of rotatable bonds is 3. The van der Waals surface area contributed by atoms with Crippen LogP contribution in [0.1, 0.15) is 29.8 Å². The second-order valence-corrected chi connectivity index (χ2v) is 6.25. The standard InChI is InChI=1S/C17H20N6O/c1-10-9-24-14-6-4-13(20-16(14)19-10)5-7-15-21-17-12(3)18-8-11(2)23(17)22-15/h4,6,8,10H,5,7,9H2,1-3H3,(H,19,20)/t10-/m0/s1. The van der Waals surface area contributed by atoms with Gasteiger partial charge < -0.3 is 10.1 Å². The van der Waals surface area contributed by atoms with E-state index in [9.17, 15) is 0 Å². The molecule has 1 N–H and O–H groups in total. The molecule has 124 valence electrons. The molecule has 4 heterocycles. The maximum absolute atomic E-state index is 5.66. The lowest BCUT2D eigenvalue weighted by atomic mass is 10.2. The van der Waals surface area contributed by atoms with Gasteiger partial charge in [0.05, 0.1) is 17.4 Å². The van der Waals surface area contributed by atoms with Crippen LogP contribution in [0.15, 0.2) is 18.3 Å². The number of hydrogen-bond acceptors (Lipinski definition) is 6. The molecule has 0 saturated heterocycles. The molecule has 1 aliphatic heterocycles. The third-order valence-corrected chi connectivity index (χ3v) is 4.15. The predicted molar refractivity (Wildman–Crippen MR) is 90.5 cm³/mol. The lowest BCUT2D eigenvalue weighted by Crippen LogP contribution is -2.29. The van der Waals surface area contributed by atoms with Crippen LogP contribution >= 0.6 is 0 Å². The number of anilines is 1. The van der Waals surface area contributed by atoms with Gasteiger partial charge in [0, 0.05) is 18.3 Å². The van der Waals surface area contributed by atoms with Gasteiger partial charge in [0.15, 0.2) is 23.0 Å². The highest BCUT2D eigenvalue weighted by Gasteiger charge is 2.17. The van der Waals surface area contributed by atoms with E-state index in [1.807, 2.05) is 36.7 Å². The molecular formula is C17H20N6O. The van der Waals surface area contributed by atoms with E-state index in [0.29, 0.717) is 6.61 Å². The third-order valence-electron chi connectivity index (χ3n) is 4.15. The third kappa shape index (κ3) is 2.66. The molecule has 3 aromatic rings. The van der Waals surface area contributed by atoms with Crippen molar-refractivity contribution in [3.63, 3.8) is 0 Å². The van der Waals surface area contributed by atoms with Crippen LogP contribution < -0.4 is 10.1 Å². The number of nitrogens with one attached hydrogen (secondary N) is 1. The Bertz CT molecular complexity index is 864. The van der Waals surface area contributed by atoms with Crippen molar-refractivity contribution in [3.05, 3.63) is 41.2 Å². The Morgan fingerprint density at radius 2 is 2.12 bits per heavy atom. The van der Waals surface area contributed by atoms with Crippen LogP contribution in [0.4, 0.5) is 5.82 Å². The van der Waals surface area contributed by atoms with Gasteiger partial charge in [-0.1, -0.05) is 0 Å². The van der Waals surface area contributed by atoms with Gasteiger partial charge in [0.1, 0.15) is 6.61 Å². The molecule has 3 aromatic heterocycles. The van der Waals surface area contributed by atoms with Crippen molar-refractivity contribution >= 4 is 11.5 Å². The average Bonchev–Trinajstić information content (AvgIpc) is 3.01. The molecule has 0 saturated carbocycles. The fraction of sp³-hybridized carbons (Fsp3) is 0.412. The molecule has 0 unspecified atom stereocenters. The maximum atomic E-state index is 5.66. The summed E-state index contributed by atoms with van der Waals surface area (Å²) >= 11 is 0. The number of ether oxygens (including phenoxy) is 1. The second kappa shape index (κ2) is 5.74. The van der Waals surface area contributed by atoms with E-state index in [1.165, 1.54) is 0 Å². The smallest absolute Gasteiger partial charge is 0.177 e. The Morgan fingerprint density at radius 3 is 2.96 bits per heavy atom.